The molecule has 1 heterocycles. The van der Waals surface area contributed by atoms with E-state index in [1.807, 2.05) is 6.92 Å². The number of amides is 3. The Labute approximate surface area is 99.6 Å². The van der Waals surface area contributed by atoms with E-state index in [2.05, 4.69) is 5.32 Å². The first-order valence-corrected chi connectivity index (χ1v) is 5.59. The molecule has 0 fully saturated rings. The highest BCUT2D eigenvalue weighted by Crippen LogP contribution is 2.02. The number of unbranched alkanes of at least 4 members (excludes halogenated alkanes) is 1. The van der Waals surface area contributed by atoms with Gasteiger partial charge in [-0.3, -0.25) is 14.5 Å². The van der Waals surface area contributed by atoms with Gasteiger partial charge in [-0.05, 0) is 6.42 Å². The van der Waals surface area contributed by atoms with Crippen LogP contribution in [0.4, 0.5) is 4.79 Å². The monoisotopic (exact) mass is 240 g/mol. The number of rotatable bonds is 6. The maximum Gasteiger partial charge on any atom is 0.407 e. The molecule has 0 spiro atoms. The van der Waals surface area contributed by atoms with E-state index in [9.17, 15) is 14.4 Å². The summed E-state index contributed by atoms with van der Waals surface area (Å²) in [7, 11) is 0. The molecule has 0 aliphatic carbocycles. The van der Waals surface area contributed by atoms with Crippen LogP contribution in [0.25, 0.3) is 0 Å². The summed E-state index contributed by atoms with van der Waals surface area (Å²) in [6.45, 7) is 2.69. The Hall–Kier alpha value is -1.85. The molecular formula is C11H16N2O4. The third kappa shape index (κ3) is 4.26. The molecule has 1 aliphatic heterocycles. The average molecular weight is 240 g/mol. The highest BCUT2D eigenvalue weighted by Gasteiger charge is 2.22. The summed E-state index contributed by atoms with van der Waals surface area (Å²) in [5.41, 5.74) is 0. The average Bonchev–Trinajstić information content (AvgIpc) is 2.61. The van der Waals surface area contributed by atoms with Gasteiger partial charge in [-0.2, -0.15) is 0 Å². The van der Waals surface area contributed by atoms with Gasteiger partial charge in [-0.1, -0.05) is 13.3 Å². The number of hydrogen-bond donors (Lipinski definition) is 1. The van der Waals surface area contributed by atoms with Crippen LogP contribution in [0.3, 0.4) is 0 Å². The number of carbonyl (C=O) groups excluding carboxylic acids is 3. The Balaban J connectivity index is 2.13. The number of carbonyl (C=O) groups is 3. The molecule has 1 N–H and O–H groups in total. The Kier molecular flexibility index (Phi) is 5.19. The highest BCUT2D eigenvalue weighted by atomic mass is 16.5. The molecule has 1 rings (SSSR count). The fraction of sp³-hybridized carbons (Fsp3) is 0.545. The summed E-state index contributed by atoms with van der Waals surface area (Å²) in [5, 5.41) is 2.57. The third-order valence-corrected chi connectivity index (χ3v) is 2.25. The molecule has 0 unspecified atom stereocenters. The number of ether oxygens (including phenoxy) is 1. The molecule has 17 heavy (non-hydrogen) atoms. The van der Waals surface area contributed by atoms with Crippen molar-refractivity contribution in [3.63, 3.8) is 0 Å². The van der Waals surface area contributed by atoms with Gasteiger partial charge in [0.1, 0.15) is 6.61 Å². The van der Waals surface area contributed by atoms with Crippen molar-refractivity contribution in [2.75, 3.05) is 19.7 Å². The molecule has 0 atom stereocenters. The summed E-state index contributed by atoms with van der Waals surface area (Å²) in [4.78, 5) is 34.4. The number of nitrogens with zero attached hydrogens (tertiary/aromatic N) is 1. The van der Waals surface area contributed by atoms with Crippen LogP contribution < -0.4 is 5.32 Å². The molecule has 0 aromatic heterocycles. The lowest BCUT2D eigenvalue weighted by Crippen LogP contribution is -2.35. The van der Waals surface area contributed by atoms with E-state index in [0.717, 1.165) is 17.7 Å². The number of nitrogens with one attached hydrogen (secondary N) is 1. The Bertz CT molecular complexity index is 320. The molecule has 0 saturated heterocycles. The van der Waals surface area contributed by atoms with Crippen molar-refractivity contribution >= 4 is 17.9 Å². The van der Waals surface area contributed by atoms with Crippen LogP contribution in [-0.4, -0.2) is 42.5 Å². The topological polar surface area (TPSA) is 75.7 Å². The summed E-state index contributed by atoms with van der Waals surface area (Å²) in [5.74, 6) is -0.741. The molecule has 0 saturated carbocycles. The van der Waals surface area contributed by atoms with Crippen molar-refractivity contribution in [1.82, 2.24) is 10.2 Å². The van der Waals surface area contributed by atoms with Crippen molar-refractivity contribution in [2.45, 2.75) is 19.8 Å². The highest BCUT2D eigenvalue weighted by molar-refractivity contribution is 6.12. The lowest BCUT2D eigenvalue weighted by Gasteiger charge is -2.13. The second-order valence-corrected chi connectivity index (χ2v) is 3.58. The molecule has 0 bridgehead atoms. The minimum atomic E-state index is -0.523. The van der Waals surface area contributed by atoms with Crippen molar-refractivity contribution in [2.24, 2.45) is 0 Å². The van der Waals surface area contributed by atoms with Crippen molar-refractivity contribution in [1.29, 1.82) is 0 Å². The van der Waals surface area contributed by atoms with Gasteiger partial charge in [-0.25, -0.2) is 4.79 Å². The van der Waals surface area contributed by atoms with Crippen molar-refractivity contribution in [3.8, 4) is 0 Å². The van der Waals surface area contributed by atoms with E-state index in [1.54, 1.807) is 0 Å². The molecule has 1 aliphatic rings. The second kappa shape index (κ2) is 6.67. The van der Waals surface area contributed by atoms with Gasteiger partial charge in [0, 0.05) is 18.7 Å². The Morgan fingerprint density at radius 3 is 2.59 bits per heavy atom. The first-order valence-electron chi connectivity index (χ1n) is 5.59. The first kappa shape index (κ1) is 13.2. The van der Waals surface area contributed by atoms with Crippen LogP contribution >= 0.6 is 0 Å². The van der Waals surface area contributed by atoms with Crippen LogP contribution in [0, 0.1) is 0 Å². The van der Waals surface area contributed by atoms with Gasteiger partial charge in [-0.15, -0.1) is 0 Å². The van der Waals surface area contributed by atoms with E-state index in [1.165, 1.54) is 12.2 Å². The predicted octanol–water partition coefficient (Wildman–Crippen LogP) is 0.438. The predicted molar refractivity (Wildman–Crippen MR) is 60.1 cm³/mol. The maximum atomic E-state index is 11.1. The SMILES string of the molecule is CCCCNC(=O)OCCN1C(=O)C=CC1=O. The number of hydrogen-bond acceptors (Lipinski definition) is 4. The van der Waals surface area contributed by atoms with E-state index in [0.29, 0.717) is 6.54 Å². The molecule has 3 amide bonds. The summed E-state index contributed by atoms with van der Waals surface area (Å²) in [6.07, 6.45) is 3.75. The summed E-state index contributed by atoms with van der Waals surface area (Å²) < 4.78 is 4.82. The first-order chi connectivity index (χ1) is 8.15. The smallest absolute Gasteiger partial charge is 0.407 e. The van der Waals surface area contributed by atoms with Gasteiger partial charge in [0.05, 0.1) is 6.54 Å². The zero-order valence-corrected chi connectivity index (χ0v) is 9.77. The van der Waals surface area contributed by atoms with Crippen LogP contribution in [-0.2, 0) is 14.3 Å². The van der Waals surface area contributed by atoms with Gasteiger partial charge in [0.15, 0.2) is 0 Å². The fourth-order valence-corrected chi connectivity index (χ4v) is 1.30. The lowest BCUT2D eigenvalue weighted by atomic mass is 10.3. The quantitative estimate of drug-likeness (QED) is 0.540. The van der Waals surface area contributed by atoms with Crippen molar-refractivity contribution < 1.29 is 19.1 Å². The molecule has 6 nitrogen and oxygen atoms in total. The minimum absolute atomic E-state index is 0.0110. The van der Waals surface area contributed by atoms with Crippen LogP contribution in [0.15, 0.2) is 12.2 Å². The molecule has 0 aromatic carbocycles. The van der Waals surface area contributed by atoms with E-state index < -0.39 is 6.09 Å². The molecule has 0 aromatic rings. The lowest BCUT2D eigenvalue weighted by molar-refractivity contribution is -0.137. The summed E-state index contributed by atoms with van der Waals surface area (Å²) in [6, 6.07) is 0. The maximum absolute atomic E-state index is 11.1. The zero-order chi connectivity index (χ0) is 12.7. The van der Waals surface area contributed by atoms with E-state index in [4.69, 9.17) is 4.74 Å². The van der Waals surface area contributed by atoms with Crippen molar-refractivity contribution in [3.05, 3.63) is 12.2 Å². The Morgan fingerprint density at radius 1 is 1.35 bits per heavy atom. The summed E-state index contributed by atoms with van der Waals surface area (Å²) >= 11 is 0. The molecule has 0 radical (unpaired) electrons. The van der Waals surface area contributed by atoms with Gasteiger partial charge < -0.3 is 10.1 Å². The Morgan fingerprint density at radius 2 is 2.00 bits per heavy atom. The standard InChI is InChI=1S/C11H16N2O4/c1-2-3-6-12-11(16)17-8-7-13-9(14)4-5-10(13)15/h4-5H,2-3,6-8H2,1H3,(H,12,16). The molecule has 94 valence electrons. The normalized spacial score (nSPS) is 14.3. The van der Waals surface area contributed by atoms with Crippen LogP contribution in [0.2, 0.25) is 0 Å². The third-order valence-electron chi connectivity index (χ3n) is 2.25. The number of imide groups is 1. The van der Waals surface area contributed by atoms with Crippen LogP contribution in [0.1, 0.15) is 19.8 Å². The van der Waals surface area contributed by atoms with Crippen LogP contribution in [0.5, 0.6) is 0 Å². The molecular weight excluding hydrogens is 224 g/mol. The van der Waals surface area contributed by atoms with Gasteiger partial charge >= 0.3 is 6.09 Å². The second-order valence-electron chi connectivity index (χ2n) is 3.58. The van der Waals surface area contributed by atoms with Gasteiger partial charge in [0.2, 0.25) is 0 Å². The fourth-order valence-electron chi connectivity index (χ4n) is 1.30. The largest absolute Gasteiger partial charge is 0.448 e. The number of alkyl carbamates (subject to hydrolysis) is 1. The van der Waals surface area contributed by atoms with Gasteiger partial charge in [0.25, 0.3) is 11.8 Å². The molecule has 6 heteroatoms. The minimum Gasteiger partial charge on any atom is -0.448 e. The zero-order valence-electron chi connectivity index (χ0n) is 9.77. The van der Waals surface area contributed by atoms with E-state index >= 15 is 0 Å². The van der Waals surface area contributed by atoms with E-state index in [-0.39, 0.29) is 25.0 Å².